The van der Waals surface area contributed by atoms with Gasteiger partial charge in [0.15, 0.2) is 16.6 Å². The first-order valence-electron chi connectivity index (χ1n) is 8.96. The molecule has 2 heterocycles. The van der Waals surface area contributed by atoms with Gasteiger partial charge in [0.1, 0.15) is 5.69 Å². The first-order chi connectivity index (χ1) is 13.6. The van der Waals surface area contributed by atoms with E-state index in [9.17, 15) is 4.79 Å². The zero-order valence-electron chi connectivity index (χ0n) is 15.9. The molecule has 1 aliphatic heterocycles. The van der Waals surface area contributed by atoms with Gasteiger partial charge >= 0.3 is 0 Å². The molecule has 1 unspecified atom stereocenters. The summed E-state index contributed by atoms with van der Waals surface area (Å²) in [5.41, 5.74) is 3.42. The molecule has 6 nitrogen and oxygen atoms in total. The van der Waals surface area contributed by atoms with Gasteiger partial charge in [0.2, 0.25) is 0 Å². The van der Waals surface area contributed by atoms with Crippen LogP contribution in [0.2, 0.25) is 0 Å². The Balaban J connectivity index is 1.54. The van der Waals surface area contributed by atoms with E-state index in [1.165, 1.54) is 16.9 Å². The highest BCUT2D eigenvalue weighted by atomic mass is 32.1. The Bertz CT molecular complexity index is 1020. The van der Waals surface area contributed by atoms with Gasteiger partial charge in [-0.25, -0.2) is 4.98 Å². The minimum Gasteiger partial charge on any atom is -0.493 e. The van der Waals surface area contributed by atoms with E-state index in [4.69, 9.17) is 9.47 Å². The van der Waals surface area contributed by atoms with Crippen LogP contribution in [0.25, 0.3) is 0 Å². The number of hydrogen-bond acceptors (Lipinski definition) is 6. The van der Waals surface area contributed by atoms with E-state index < -0.39 is 0 Å². The van der Waals surface area contributed by atoms with Gasteiger partial charge in [-0.3, -0.25) is 4.79 Å². The van der Waals surface area contributed by atoms with Crippen molar-refractivity contribution < 1.29 is 14.3 Å². The number of amides is 1. The second kappa shape index (κ2) is 7.52. The van der Waals surface area contributed by atoms with Crippen molar-refractivity contribution in [3.05, 3.63) is 59.1 Å². The number of aromatic nitrogens is 1. The fraction of sp³-hybridized carbons (Fsp3) is 0.238. The summed E-state index contributed by atoms with van der Waals surface area (Å²) in [4.78, 5) is 19.4. The lowest BCUT2D eigenvalue weighted by Crippen LogP contribution is -2.35. The van der Waals surface area contributed by atoms with Gasteiger partial charge in [0, 0.05) is 28.9 Å². The molecule has 144 valence electrons. The highest BCUT2D eigenvalue weighted by Crippen LogP contribution is 2.34. The quantitative estimate of drug-likeness (QED) is 0.689. The van der Waals surface area contributed by atoms with E-state index in [1.54, 1.807) is 19.6 Å². The Morgan fingerprint density at radius 2 is 1.96 bits per heavy atom. The second-order valence-corrected chi connectivity index (χ2v) is 7.45. The highest BCUT2D eigenvalue weighted by Gasteiger charge is 2.32. The number of carbonyl (C=O) groups excluding carboxylic acids is 1. The van der Waals surface area contributed by atoms with Crippen LogP contribution in [0.1, 0.15) is 23.0 Å². The molecule has 7 heteroatoms. The number of para-hydroxylation sites is 1. The van der Waals surface area contributed by atoms with E-state index in [0.29, 0.717) is 22.3 Å². The smallest absolute Gasteiger partial charge is 0.278 e. The van der Waals surface area contributed by atoms with Crippen molar-refractivity contribution in [2.24, 2.45) is 0 Å². The fourth-order valence-corrected chi connectivity index (χ4v) is 4.17. The largest absolute Gasteiger partial charge is 0.493 e. The number of hydrogen-bond donors (Lipinski definition) is 1. The number of carbonyl (C=O) groups is 1. The Morgan fingerprint density at radius 3 is 2.75 bits per heavy atom. The summed E-state index contributed by atoms with van der Waals surface area (Å²) in [5, 5.41) is 5.67. The molecular weight excluding hydrogens is 374 g/mol. The van der Waals surface area contributed by atoms with Gasteiger partial charge in [-0.05, 0) is 37.1 Å². The number of methoxy groups -OCH3 is 2. The average molecular weight is 395 g/mol. The van der Waals surface area contributed by atoms with E-state index >= 15 is 0 Å². The summed E-state index contributed by atoms with van der Waals surface area (Å²) < 4.78 is 10.6. The van der Waals surface area contributed by atoms with E-state index in [2.05, 4.69) is 23.3 Å². The topological polar surface area (TPSA) is 63.7 Å². The van der Waals surface area contributed by atoms with Crippen LogP contribution in [0.4, 0.5) is 16.5 Å². The zero-order valence-corrected chi connectivity index (χ0v) is 16.7. The van der Waals surface area contributed by atoms with E-state index in [0.717, 1.165) is 17.8 Å². The van der Waals surface area contributed by atoms with E-state index in [-0.39, 0.29) is 11.9 Å². The van der Waals surface area contributed by atoms with Gasteiger partial charge in [0.25, 0.3) is 5.91 Å². The SMILES string of the molecule is COc1ccc(Nc2nc(C(=O)N3c4ccccc4CC3C)cs2)cc1OC. The molecule has 1 N–H and O–H groups in total. The second-order valence-electron chi connectivity index (χ2n) is 6.59. The molecule has 28 heavy (non-hydrogen) atoms. The molecule has 0 saturated heterocycles. The standard InChI is InChI=1S/C21H21N3O3S/c1-13-10-14-6-4-5-7-17(14)24(13)20(25)16-12-28-21(23-16)22-15-8-9-18(26-2)19(11-15)27-3/h4-9,11-13H,10H2,1-3H3,(H,22,23). The zero-order chi connectivity index (χ0) is 19.7. The van der Waals surface area contributed by atoms with Gasteiger partial charge in [-0.1, -0.05) is 18.2 Å². The minimum absolute atomic E-state index is 0.0749. The Kier molecular flexibility index (Phi) is 4.92. The van der Waals surface area contributed by atoms with Gasteiger partial charge < -0.3 is 19.7 Å². The molecule has 1 aromatic heterocycles. The predicted octanol–water partition coefficient (Wildman–Crippen LogP) is 4.50. The lowest BCUT2D eigenvalue weighted by Gasteiger charge is -2.21. The van der Waals surface area contributed by atoms with Crippen LogP contribution in [-0.2, 0) is 6.42 Å². The number of rotatable bonds is 5. The Hall–Kier alpha value is -3.06. The lowest BCUT2D eigenvalue weighted by atomic mass is 10.1. The number of anilines is 3. The molecule has 4 rings (SSSR count). The molecule has 1 atom stereocenters. The number of nitrogens with one attached hydrogen (secondary N) is 1. The fourth-order valence-electron chi connectivity index (χ4n) is 3.47. The predicted molar refractivity (Wildman–Crippen MR) is 111 cm³/mol. The van der Waals surface area contributed by atoms with E-state index in [1.807, 2.05) is 41.3 Å². The van der Waals surface area contributed by atoms with Gasteiger partial charge in [0.05, 0.1) is 14.2 Å². The molecule has 1 amide bonds. The average Bonchev–Trinajstić information content (AvgIpc) is 3.30. The van der Waals surface area contributed by atoms with Crippen LogP contribution in [-0.4, -0.2) is 31.2 Å². The number of fused-ring (bicyclic) bond motifs is 1. The molecule has 0 aliphatic carbocycles. The summed E-state index contributed by atoms with van der Waals surface area (Å²) in [5.74, 6) is 1.21. The van der Waals surface area contributed by atoms with Crippen LogP contribution in [0.15, 0.2) is 47.8 Å². The van der Waals surface area contributed by atoms with Crippen LogP contribution < -0.4 is 19.7 Å². The molecule has 0 radical (unpaired) electrons. The molecule has 0 fully saturated rings. The molecule has 3 aromatic rings. The maximum atomic E-state index is 13.1. The maximum Gasteiger partial charge on any atom is 0.278 e. The van der Waals surface area contributed by atoms with Crippen LogP contribution in [0.5, 0.6) is 11.5 Å². The normalized spacial score (nSPS) is 15.2. The first kappa shape index (κ1) is 18.3. The van der Waals surface area contributed by atoms with Crippen molar-refractivity contribution in [1.29, 1.82) is 0 Å². The molecule has 1 aliphatic rings. The highest BCUT2D eigenvalue weighted by molar-refractivity contribution is 7.14. The third kappa shape index (κ3) is 3.29. The van der Waals surface area contributed by atoms with Crippen LogP contribution >= 0.6 is 11.3 Å². The van der Waals surface area contributed by atoms with Crippen LogP contribution in [0, 0.1) is 0 Å². The number of nitrogens with zero attached hydrogens (tertiary/aromatic N) is 2. The monoisotopic (exact) mass is 395 g/mol. The van der Waals surface area contributed by atoms with Crippen molar-refractivity contribution in [2.45, 2.75) is 19.4 Å². The molecular formula is C21H21N3O3S. The molecule has 0 saturated carbocycles. The van der Waals surface area contributed by atoms with Crippen molar-refractivity contribution in [3.63, 3.8) is 0 Å². The maximum absolute atomic E-state index is 13.1. The molecule has 2 aromatic carbocycles. The number of ether oxygens (including phenoxy) is 2. The van der Waals surface area contributed by atoms with Gasteiger partial charge in [-0.15, -0.1) is 11.3 Å². The summed E-state index contributed by atoms with van der Waals surface area (Å²) >= 11 is 1.40. The Labute approximate surface area is 167 Å². The summed E-state index contributed by atoms with van der Waals surface area (Å²) in [6.45, 7) is 2.06. The molecule has 0 bridgehead atoms. The lowest BCUT2D eigenvalue weighted by molar-refractivity contribution is 0.0977. The first-order valence-corrected chi connectivity index (χ1v) is 9.84. The van der Waals surface area contributed by atoms with Crippen molar-refractivity contribution >= 4 is 33.8 Å². The molecule has 0 spiro atoms. The Morgan fingerprint density at radius 1 is 1.18 bits per heavy atom. The van der Waals surface area contributed by atoms with Crippen molar-refractivity contribution in [1.82, 2.24) is 4.98 Å². The third-order valence-corrected chi connectivity index (χ3v) is 5.54. The van der Waals surface area contributed by atoms with Crippen molar-refractivity contribution in [2.75, 3.05) is 24.4 Å². The van der Waals surface area contributed by atoms with Crippen LogP contribution in [0.3, 0.4) is 0 Å². The van der Waals surface area contributed by atoms with Crippen molar-refractivity contribution in [3.8, 4) is 11.5 Å². The number of benzene rings is 2. The number of thiazole rings is 1. The van der Waals surface area contributed by atoms with Gasteiger partial charge in [-0.2, -0.15) is 0 Å². The summed E-state index contributed by atoms with van der Waals surface area (Å²) in [6.07, 6.45) is 0.864. The third-order valence-electron chi connectivity index (χ3n) is 4.78. The minimum atomic E-state index is -0.0749. The summed E-state index contributed by atoms with van der Waals surface area (Å²) in [7, 11) is 3.19. The summed E-state index contributed by atoms with van der Waals surface area (Å²) in [6, 6.07) is 13.7.